The van der Waals surface area contributed by atoms with Crippen molar-refractivity contribution in [3.05, 3.63) is 30.3 Å². The fourth-order valence-electron chi connectivity index (χ4n) is 3.20. The Morgan fingerprint density at radius 3 is 2.43 bits per heavy atom. The normalized spacial score (nSPS) is 24.5. The lowest BCUT2D eigenvalue weighted by Crippen LogP contribution is -2.62. The van der Waals surface area contributed by atoms with Crippen molar-refractivity contribution in [1.29, 1.82) is 0 Å². The number of imide groups is 1. The third-order valence-electron chi connectivity index (χ3n) is 4.40. The van der Waals surface area contributed by atoms with Gasteiger partial charge in [-0.3, -0.25) is 14.5 Å². The van der Waals surface area contributed by atoms with Gasteiger partial charge in [0, 0.05) is 11.7 Å². The smallest absolute Gasteiger partial charge is 0.251 e. The fraction of sp³-hybridized carbons (Fsp3) is 0.500. The molecule has 3 rings (SSSR count). The minimum atomic E-state index is -0.292. The molecular formula is C16H21N3O2. The molecule has 5 heteroatoms. The number of benzene rings is 1. The molecule has 112 valence electrons. The van der Waals surface area contributed by atoms with E-state index in [2.05, 4.69) is 5.32 Å². The number of rotatable bonds is 2. The van der Waals surface area contributed by atoms with Crippen LogP contribution in [0.1, 0.15) is 19.8 Å². The lowest BCUT2D eigenvalue weighted by atomic mass is 10.0. The first-order chi connectivity index (χ1) is 10.2. The predicted octanol–water partition coefficient (Wildman–Crippen LogP) is 1.00. The molecule has 2 aliphatic rings. The van der Waals surface area contributed by atoms with Gasteiger partial charge in [-0.05, 0) is 45.0 Å². The van der Waals surface area contributed by atoms with Gasteiger partial charge in [-0.15, -0.1) is 0 Å². The summed E-state index contributed by atoms with van der Waals surface area (Å²) in [6, 6.07) is 9.44. The summed E-state index contributed by atoms with van der Waals surface area (Å²) in [4.78, 5) is 28.5. The Balaban J connectivity index is 1.81. The molecule has 0 aliphatic carbocycles. The molecule has 1 aromatic rings. The van der Waals surface area contributed by atoms with Crippen molar-refractivity contribution in [3.63, 3.8) is 0 Å². The minimum Gasteiger partial charge on any atom is -0.350 e. The molecule has 1 aromatic carbocycles. The van der Waals surface area contributed by atoms with E-state index in [-0.39, 0.29) is 30.4 Å². The molecule has 2 heterocycles. The zero-order valence-corrected chi connectivity index (χ0v) is 12.3. The van der Waals surface area contributed by atoms with E-state index in [9.17, 15) is 9.59 Å². The van der Waals surface area contributed by atoms with Gasteiger partial charge in [0.25, 0.3) is 5.91 Å². The van der Waals surface area contributed by atoms with Crippen LogP contribution in [0.5, 0.6) is 0 Å². The molecule has 1 atom stereocenters. The SMILES string of the molecule is CC1C(=O)N(C2CCNCC2)C(=O)CN1c1ccccc1. The molecule has 2 saturated heterocycles. The zero-order chi connectivity index (χ0) is 14.8. The van der Waals surface area contributed by atoms with E-state index in [1.807, 2.05) is 42.2 Å². The maximum atomic E-state index is 12.7. The molecule has 0 radical (unpaired) electrons. The number of nitrogens with one attached hydrogen (secondary N) is 1. The van der Waals surface area contributed by atoms with Gasteiger partial charge in [0.15, 0.2) is 0 Å². The van der Waals surface area contributed by atoms with Gasteiger partial charge in [-0.25, -0.2) is 0 Å². The van der Waals surface area contributed by atoms with Crippen LogP contribution in [0, 0.1) is 0 Å². The zero-order valence-electron chi connectivity index (χ0n) is 12.3. The topological polar surface area (TPSA) is 52.7 Å². The van der Waals surface area contributed by atoms with Crippen molar-refractivity contribution in [2.75, 3.05) is 24.5 Å². The van der Waals surface area contributed by atoms with E-state index in [4.69, 9.17) is 0 Å². The summed E-state index contributed by atoms with van der Waals surface area (Å²) in [6.45, 7) is 3.91. The molecule has 1 N–H and O–H groups in total. The third kappa shape index (κ3) is 2.65. The number of carbonyl (C=O) groups is 2. The van der Waals surface area contributed by atoms with Gasteiger partial charge in [-0.1, -0.05) is 18.2 Å². The second kappa shape index (κ2) is 5.85. The van der Waals surface area contributed by atoms with Gasteiger partial charge in [0.05, 0.1) is 6.54 Å². The fourth-order valence-corrected chi connectivity index (χ4v) is 3.20. The third-order valence-corrected chi connectivity index (χ3v) is 4.40. The Morgan fingerprint density at radius 1 is 1.10 bits per heavy atom. The standard InChI is InChI=1S/C16H21N3O2/c1-12-16(21)19(14-7-9-17-10-8-14)15(20)11-18(12)13-5-3-2-4-6-13/h2-6,12,14,17H,7-11H2,1H3. The average molecular weight is 287 g/mol. The Kier molecular flexibility index (Phi) is 3.92. The Hall–Kier alpha value is -1.88. The number of hydrogen-bond acceptors (Lipinski definition) is 4. The van der Waals surface area contributed by atoms with Crippen LogP contribution in [0.25, 0.3) is 0 Å². The number of piperidine rings is 1. The first kappa shape index (κ1) is 14.1. The second-order valence-electron chi connectivity index (χ2n) is 5.72. The number of amides is 2. The van der Waals surface area contributed by atoms with Gasteiger partial charge in [0.1, 0.15) is 6.04 Å². The van der Waals surface area contributed by atoms with E-state index in [1.165, 1.54) is 4.90 Å². The van der Waals surface area contributed by atoms with Crippen LogP contribution in [-0.4, -0.2) is 48.4 Å². The van der Waals surface area contributed by atoms with Crippen molar-refractivity contribution >= 4 is 17.5 Å². The molecule has 5 nitrogen and oxygen atoms in total. The first-order valence-electron chi connectivity index (χ1n) is 7.57. The van der Waals surface area contributed by atoms with Crippen molar-refractivity contribution < 1.29 is 9.59 Å². The summed E-state index contributed by atoms with van der Waals surface area (Å²) in [5.74, 6) is -0.143. The van der Waals surface area contributed by atoms with Crippen LogP contribution in [0.4, 0.5) is 5.69 Å². The van der Waals surface area contributed by atoms with Crippen molar-refractivity contribution in [1.82, 2.24) is 10.2 Å². The number of para-hydroxylation sites is 1. The van der Waals surface area contributed by atoms with E-state index in [0.29, 0.717) is 0 Å². The highest BCUT2D eigenvalue weighted by Gasteiger charge is 2.40. The maximum Gasteiger partial charge on any atom is 0.251 e. The number of hydrogen-bond donors (Lipinski definition) is 1. The van der Waals surface area contributed by atoms with Gasteiger partial charge in [0.2, 0.25) is 5.91 Å². The largest absolute Gasteiger partial charge is 0.350 e. The van der Waals surface area contributed by atoms with Crippen molar-refractivity contribution in [2.45, 2.75) is 31.8 Å². The molecule has 0 bridgehead atoms. The van der Waals surface area contributed by atoms with Crippen LogP contribution in [0.15, 0.2) is 30.3 Å². The van der Waals surface area contributed by atoms with Crippen LogP contribution in [0.3, 0.4) is 0 Å². The molecule has 1 unspecified atom stereocenters. The number of carbonyl (C=O) groups excluding carboxylic acids is 2. The van der Waals surface area contributed by atoms with Gasteiger partial charge in [-0.2, -0.15) is 0 Å². The molecule has 2 amide bonds. The molecule has 0 spiro atoms. The van der Waals surface area contributed by atoms with Crippen molar-refractivity contribution in [2.24, 2.45) is 0 Å². The summed E-state index contributed by atoms with van der Waals surface area (Å²) in [6.07, 6.45) is 1.71. The van der Waals surface area contributed by atoms with Gasteiger partial charge < -0.3 is 10.2 Å². The molecule has 2 aliphatic heterocycles. The Bertz CT molecular complexity index is 526. The lowest BCUT2D eigenvalue weighted by molar-refractivity contribution is -0.151. The van der Waals surface area contributed by atoms with E-state index >= 15 is 0 Å². The van der Waals surface area contributed by atoms with Crippen LogP contribution in [0.2, 0.25) is 0 Å². The Labute approximate surface area is 124 Å². The molecule has 0 saturated carbocycles. The summed E-state index contributed by atoms with van der Waals surface area (Å²) in [7, 11) is 0. The number of anilines is 1. The van der Waals surface area contributed by atoms with Crippen molar-refractivity contribution in [3.8, 4) is 0 Å². The first-order valence-corrected chi connectivity index (χ1v) is 7.57. The summed E-state index contributed by atoms with van der Waals surface area (Å²) in [5.41, 5.74) is 0.927. The molecule has 21 heavy (non-hydrogen) atoms. The molecule has 0 aromatic heterocycles. The lowest BCUT2D eigenvalue weighted by Gasteiger charge is -2.43. The predicted molar refractivity (Wildman–Crippen MR) is 81.0 cm³/mol. The highest BCUT2D eigenvalue weighted by Crippen LogP contribution is 2.24. The van der Waals surface area contributed by atoms with Crippen LogP contribution >= 0.6 is 0 Å². The number of nitrogens with zero attached hydrogens (tertiary/aromatic N) is 2. The molecule has 2 fully saturated rings. The Morgan fingerprint density at radius 2 is 1.76 bits per heavy atom. The van der Waals surface area contributed by atoms with E-state index < -0.39 is 0 Å². The number of piperazine rings is 1. The van der Waals surface area contributed by atoms with Crippen LogP contribution in [-0.2, 0) is 9.59 Å². The highest BCUT2D eigenvalue weighted by molar-refractivity contribution is 6.04. The minimum absolute atomic E-state index is 0.0617. The summed E-state index contributed by atoms with van der Waals surface area (Å²) in [5, 5.41) is 3.27. The van der Waals surface area contributed by atoms with E-state index in [0.717, 1.165) is 31.6 Å². The van der Waals surface area contributed by atoms with Gasteiger partial charge >= 0.3 is 0 Å². The summed E-state index contributed by atoms with van der Waals surface area (Å²) < 4.78 is 0. The quantitative estimate of drug-likeness (QED) is 0.825. The monoisotopic (exact) mass is 287 g/mol. The maximum absolute atomic E-state index is 12.7. The summed E-state index contributed by atoms with van der Waals surface area (Å²) >= 11 is 0. The van der Waals surface area contributed by atoms with E-state index in [1.54, 1.807) is 0 Å². The van der Waals surface area contributed by atoms with Crippen LogP contribution < -0.4 is 10.2 Å². The second-order valence-corrected chi connectivity index (χ2v) is 5.72. The molecular weight excluding hydrogens is 266 g/mol. The highest BCUT2D eigenvalue weighted by atomic mass is 16.2. The average Bonchev–Trinajstić information content (AvgIpc) is 2.53.